The average Bonchev–Trinajstić information content (AvgIpc) is 3.35. The molecule has 11 nitrogen and oxygen atoms in total. The van der Waals surface area contributed by atoms with Crippen molar-refractivity contribution in [2.75, 3.05) is 50.7 Å². The number of morpholine rings is 1. The Labute approximate surface area is 207 Å². The summed E-state index contributed by atoms with van der Waals surface area (Å²) < 4.78 is 12.3. The summed E-state index contributed by atoms with van der Waals surface area (Å²) >= 11 is 0. The molecule has 184 valence electrons. The fourth-order valence-electron chi connectivity index (χ4n) is 3.85. The molecule has 0 bridgehead atoms. The van der Waals surface area contributed by atoms with Gasteiger partial charge in [-0.2, -0.15) is 10.2 Å². The topological polar surface area (TPSA) is 119 Å². The number of hydrogen-bond donors (Lipinski definition) is 2. The molecule has 1 aliphatic heterocycles. The van der Waals surface area contributed by atoms with Crippen molar-refractivity contribution >= 4 is 34.7 Å². The molecule has 3 heterocycles. The maximum absolute atomic E-state index is 12.3. The number of carbonyl (C=O) groups excluding carboxylic acids is 1. The van der Waals surface area contributed by atoms with Gasteiger partial charge >= 0.3 is 0 Å². The van der Waals surface area contributed by atoms with E-state index in [-0.39, 0.29) is 5.91 Å². The van der Waals surface area contributed by atoms with Gasteiger partial charge in [0.1, 0.15) is 12.1 Å². The first kappa shape index (κ1) is 23.4. The Balaban J connectivity index is 1.22. The van der Waals surface area contributed by atoms with Crippen LogP contribution in [-0.4, -0.2) is 76.7 Å². The highest BCUT2D eigenvalue weighted by molar-refractivity contribution is 5.93. The molecule has 1 amide bonds. The Kier molecular flexibility index (Phi) is 7.10. The van der Waals surface area contributed by atoms with Crippen LogP contribution in [-0.2, 0) is 9.53 Å². The summed E-state index contributed by atoms with van der Waals surface area (Å²) in [5, 5.41) is 12.4. The van der Waals surface area contributed by atoms with Gasteiger partial charge in [-0.3, -0.25) is 15.1 Å². The molecule has 1 saturated heterocycles. The van der Waals surface area contributed by atoms with Gasteiger partial charge in [-0.15, -0.1) is 0 Å². The summed E-state index contributed by atoms with van der Waals surface area (Å²) in [6.07, 6.45) is 4.84. The number of methoxy groups -OCH3 is 1. The molecule has 1 aliphatic rings. The van der Waals surface area contributed by atoms with Crippen LogP contribution in [0.3, 0.4) is 0 Å². The third-order valence-electron chi connectivity index (χ3n) is 5.71. The van der Waals surface area contributed by atoms with Gasteiger partial charge in [0.25, 0.3) is 0 Å². The minimum absolute atomic E-state index is 0.0396. The molecule has 5 rings (SSSR count). The van der Waals surface area contributed by atoms with Gasteiger partial charge in [-0.05, 0) is 29.8 Å². The number of carbonyl (C=O) groups is 1. The zero-order valence-electron chi connectivity index (χ0n) is 19.8. The van der Waals surface area contributed by atoms with Crippen LogP contribution in [0.5, 0.6) is 5.75 Å². The Hall–Kier alpha value is -4.35. The highest BCUT2D eigenvalue weighted by Crippen LogP contribution is 2.23. The van der Waals surface area contributed by atoms with Crippen LogP contribution in [0.1, 0.15) is 5.56 Å². The number of ether oxygens (including phenoxy) is 2. The Morgan fingerprint density at radius 2 is 2.00 bits per heavy atom. The molecule has 0 unspecified atom stereocenters. The van der Waals surface area contributed by atoms with Crippen molar-refractivity contribution in [1.29, 1.82) is 0 Å². The standard InChI is InChI=1S/C25H26N8O3/c1-35-21-4-2-3-20(13-21)33-25-22(15-29-33)24(26-17-27-25)31-28-14-18-5-7-19(8-6-18)30-23(34)16-32-9-11-36-12-10-32/h2-8,13-15,17H,9-12,16H2,1H3,(H,30,34)(H,26,27,31)/b28-14+. The number of fused-ring (bicyclic) bond motifs is 1. The number of nitrogens with zero attached hydrogens (tertiary/aromatic N) is 6. The fraction of sp³-hybridized carbons (Fsp3) is 0.240. The van der Waals surface area contributed by atoms with E-state index < -0.39 is 0 Å². The predicted octanol–water partition coefficient (Wildman–Crippen LogP) is 2.54. The molecule has 0 radical (unpaired) electrons. The van der Waals surface area contributed by atoms with E-state index in [0.29, 0.717) is 31.2 Å². The molecule has 36 heavy (non-hydrogen) atoms. The number of hydrazone groups is 1. The first-order valence-corrected chi connectivity index (χ1v) is 11.5. The van der Waals surface area contributed by atoms with E-state index in [1.165, 1.54) is 6.33 Å². The van der Waals surface area contributed by atoms with Crippen molar-refractivity contribution in [1.82, 2.24) is 24.6 Å². The summed E-state index contributed by atoms with van der Waals surface area (Å²) in [4.78, 5) is 23.0. The summed E-state index contributed by atoms with van der Waals surface area (Å²) in [6, 6.07) is 15.0. The van der Waals surface area contributed by atoms with Gasteiger partial charge in [-0.25, -0.2) is 14.6 Å². The number of benzene rings is 2. The van der Waals surface area contributed by atoms with Gasteiger partial charge < -0.3 is 14.8 Å². The van der Waals surface area contributed by atoms with E-state index in [9.17, 15) is 4.79 Å². The molecule has 2 aromatic carbocycles. The first-order chi connectivity index (χ1) is 17.7. The highest BCUT2D eigenvalue weighted by atomic mass is 16.5. The number of rotatable bonds is 8. The van der Waals surface area contributed by atoms with Crippen LogP contribution in [0.15, 0.2) is 66.2 Å². The van der Waals surface area contributed by atoms with Gasteiger partial charge in [0.05, 0.1) is 50.4 Å². The van der Waals surface area contributed by atoms with E-state index >= 15 is 0 Å². The minimum atomic E-state index is -0.0396. The second-order valence-electron chi connectivity index (χ2n) is 8.15. The monoisotopic (exact) mass is 486 g/mol. The fourth-order valence-corrected chi connectivity index (χ4v) is 3.85. The summed E-state index contributed by atoms with van der Waals surface area (Å²) in [5.74, 6) is 1.23. The van der Waals surface area contributed by atoms with Gasteiger partial charge in [0.2, 0.25) is 5.91 Å². The second-order valence-corrected chi connectivity index (χ2v) is 8.15. The van der Waals surface area contributed by atoms with E-state index in [1.54, 1.807) is 24.2 Å². The maximum atomic E-state index is 12.3. The normalized spacial score (nSPS) is 14.2. The molecule has 2 N–H and O–H groups in total. The Morgan fingerprint density at radius 3 is 2.81 bits per heavy atom. The molecule has 1 fully saturated rings. The zero-order chi connectivity index (χ0) is 24.7. The quantitative estimate of drug-likeness (QED) is 0.288. The SMILES string of the molecule is COc1cccc(-n2ncc3c(N/N=C/c4ccc(NC(=O)CN5CCOCC5)cc4)ncnc32)c1. The van der Waals surface area contributed by atoms with Crippen LogP contribution in [0.4, 0.5) is 11.5 Å². The Bertz CT molecular complexity index is 1360. The summed E-state index contributed by atoms with van der Waals surface area (Å²) in [5.41, 5.74) is 6.05. The number of hydrogen-bond acceptors (Lipinski definition) is 9. The van der Waals surface area contributed by atoms with Crippen LogP contribution >= 0.6 is 0 Å². The summed E-state index contributed by atoms with van der Waals surface area (Å²) in [7, 11) is 1.62. The van der Waals surface area contributed by atoms with Crippen molar-refractivity contribution in [2.24, 2.45) is 5.10 Å². The minimum Gasteiger partial charge on any atom is -0.497 e. The number of aromatic nitrogens is 4. The predicted molar refractivity (Wildman–Crippen MR) is 137 cm³/mol. The van der Waals surface area contributed by atoms with E-state index in [4.69, 9.17) is 9.47 Å². The maximum Gasteiger partial charge on any atom is 0.238 e. The van der Waals surface area contributed by atoms with Crippen molar-refractivity contribution < 1.29 is 14.3 Å². The van der Waals surface area contributed by atoms with Gasteiger partial charge in [0.15, 0.2) is 11.5 Å². The largest absolute Gasteiger partial charge is 0.497 e. The zero-order valence-corrected chi connectivity index (χ0v) is 19.8. The first-order valence-electron chi connectivity index (χ1n) is 11.5. The van der Waals surface area contributed by atoms with Crippen LogP contribution < -0.4 is 15.5 Å². The van der Waals surface area contributed by atoms with Crippen LogP contribution in [0, 0.1) is 0 Å². The average molecular weight is 487 g/mol. The van der Waals surface area contributed by atoms with Crippen molar-refractivity contribution in [2.45, 2.75) is 0 Å². The van der Waals surface area contributed by atoms with E-state index in [0.717, 1.165) is 41.2 Å². The lowest BCUT2D eigenvalue weighted by Crippen LogP contribution is -2.41. The van der Waals surface area contributed by atoms with Crippen LogP contribution in [0.2, 0.25) is 0 Å². The third kappa shape index (κ3) is 5.48. The van der Waals surface area contributed by atoms with Gasteiger partial charge in [-0.1, -0.05) is 18.2 Å². The smallest absolute Gasteiger partial charge is 0.238 e. The molecule has 4 aromatic rings. The second kappa shape index (κ2) is 10.9. The lowest BCUT2D eigenvalue weighted by Gasteiger charge is -2.25. The Morgan fingerprint density at radius 1 is 1.17 bits per heavy atom. The molecule has 0 saturated carbocycles. The number of amides is 1. The lowest BCUT2D eigenvalue weighted by atomic mass is 10.2. The van der Waals surface area contributed by atoms with Crippen LogP contribution in [0.25, 0.3) is 16.7 Å². The number of nitrogens with one attached hydrogen (secondary N) is 2. The van der Waals surface area contributed by atoms with Gasteiger partial charge in [0, 0.05) is 24.8 Å². The molecular weight excluding hydrogens is 460 g/mol. The molecular formula is C25H26N8O3. The highest BCUT2D eigenvalue weighted by Gasteiger charge is 2.14. The van der Waals surface area contributed by atoms with Crippen molar-refractivity contribution in [3.63, 3.8) is 0 Å². The molecule has 0 aliphatic carbocycles. The van der Waals surface area contributed by atoms with E-state index in [1.807, 2.05) is 48.5 Å². The molecule has 11 heteroatoms. The molecule has 0 atom stereocenters. The van der Waals surface area contributed by atoms with E-state index in [2.05, 4.69) is 35.8 Å². The molecule has 2 aromatic heterocycles. The van der Waals surface area contributed by atoms with Crippen molar-refractivity contribution in [3.8, 4) is 11.4 Å². The third-order valence-corrected chi connectivity index (χ3v) is 5.71. The number of anilines is 2. The summed E-state index contributed by atoms with van der Waals surface area (Å²) in [6.45, 7) is 3.24. The lowest BCUT2D eigenvalue weighted by molar-refractivity contribution is -0.118. The van der Waals surface area contributed by atoms with Crippen molar-refractivity contribution in [3.05, 3.63) is 66.6 Å². The molecule has 0 spiro atoms.